The Morgan fingerprint density at radius 1 is 1.15 bits per heavy atom. The normalized spacial score (nSPS) is 10.4. The molecule has 2 rings (SSSR count). The van der Waals surface area contributed by atoms with Crippen LogP contribution in [-0.4, -0.2) is 16.5 Å². The third-order valence-electron chi connectivity index (χ3n) is 2.68. The van der Waals surface area contributed by atoms with Gasteiger partial charge in [0, 0.05) is 16.6 Å². The van der Waals surface area contributed by atoms with Gasteiger partial charge in [0.2, 0.25) is 0 Å². The molecule has 0 aliphatic heterocycles. The fourth-order valence-electron chi connectivity index (χ4n) is 1.70. The minimum absolute atomic E-state index is 0.238. The first-order valence-electron chi connectivity index (χ1n) is 6.00. The highest BCUT2D eigenvalue weighted by Gasteiger charge is 2.14. The summed E-state index contributed by atoms with van der Waals surface area (Å²) in [5.41, 5.74) is 0.452. The van der Waals surface area contributed by atoms with Crippen LogP contribution in [0.25, 0.3) is 0 Å². The molecule has 0 aliphatic rings. The maximum atomic E-state index is 13.8. The van der Waals surface area contributed by atoms with E-state index in [1.165, 1.54) is 18.5 Å². The molecule has 0 radical (unpaired) electrons. The van der Waals surface area contributed by atoms with Crippen molar-refractivity contribution >= 4 is 33.3 Å². The van der Waals surface area contributed by atoms with Gasteiger partial charge in [-0.15, -0.1) is 0 Å². The third kappa shape index (κ3) is 3.04. The molecule has 0 aliphatic carbocycles. The van der Waals surface area contributed by atoms with Crippen LogP contribution in [0, 0.1) is 18.6 Å². The van der Waals surface area contributed by atoms with Crippen molar-refractivity contribution in [3.8, 4) is 0 Å². The summed E-state index contributed by atoms with van der Waals surface area (Å²) in [5.74, 6) is -0.404. The van der Waals surface area contributed by atoms with Gasteiger partial charge in [-0.25, -0.2) is 18.7 Å². The van der Waals surface area contributed by atoms with Gasteiger partial charge in [-0.1, -0.05) is 15.9 Å². The Morgan fingerprint density at radius 2 is 1.75 bits per heavy atom. The van der Waals surface area contributed by atoms with E-state index in [1.807, 2.05) is 6.92 Å². The largest absolute Gasteiger partial charge is 0.370 e. The Kier molecular flexibility index (Phi) is 4.49. The third-order valence-corrected chi connectivity index (χ3v) is 3.14. The predicted molar refractivity (Wildman–Crippen MR) is 78.3 cm³/mol. The predicted octanol–water partition coefficient (Wildman–Crippen LogP) is 4.00. The zero-order valence-electron chi connectivity index (χ0n) is 11.0. The van der Waals surface area contributed by atoms with Crippen molar-refractivity contribution in [3.05, 3.63) is 40.1 Å². The molecule has 0 amide bonds. The van der Waals surface area contributed by atoms with Gasteiger partial charge in [-0.05, 0) is 26.0 Å². The second-order valence-corrected chi connectivity index (χ2v) is 5.01. The van der Waals surface area contributed by atoms with Crippen molar-refractivity contribution in [1.29, 1.82) is 0 Å². The second-order valence-electron chi connectivity index (χ2n) is 4.10. The number of nitrogens with zero attached hydrogens (tertiary/aromatic N) is 2. The number of halogens is 3. The van der Waals surface area contributed by atoms with Crippen molar-refractivity contribution in [3.63, 3.8) is 0 Å². The molecule has 0 atom stereocenters. The van der Waals surface area contributed by atoms with Gasteiger partial charge in [0.15, 0.2) is 11.6 Å². The molecule has 1 aromatic heterocycles. The summed E-state index contributed by atoms with van der Waals surface area (Å²) in [6.07, 6.45) is 1.34. The molecule has 106 valence electrons. The number of rotatable bonds is 4. The number of benzene rings is 1. The van der Waals surface area contributed by atoms with Crippen LogP contribution >= 0.6 is 15.9 Å². The first kappa shape index (κ1) is 14.6. The van der Waals surface area contributed by atoms with E-state index in [4.69, 9.17) is 0 Å². The van der Waals surface area contributed by atoms with Crippen LogP contribution in [0.5, 0.6) is 0 Å². The minimum Gasteiger partial charge on any atom is -0.370 e. The number of aromatic nitrogens is 2. The fourth-order valence-corrected chi connectivity index (χ4v) is 2.10. The molecule has 0 saturated carbocycles. The molecule has 0 bridgehead atoms. The molecule has 0 saturated heterocycles. The van der Waals surface area contributed by atoms with E-state index in [9.17, 15) is 8.78 Å². The van der Waals surface area contributed by atoms with Crippen LogP contribution in [-0.2, 0) is 0 Å². The molecule has 1 aromatic carbocycles. The second kappa shape index (κ2) is 6.13. The van der Waals surface area contributed by atoms with E-state index < -0.39 is 11.6 Å². The zero-order valence-corrected chi connectivity index (χ0v) is 12.6. The Balaban J connectivity index is 2.38. The van der Waals surface area contributed by atoms with Crippen LogP contribution in [0.4, 0.5) is 26.1 Å². The maximum Gasteiger partial charge on any atom is 0.150 e. The molecule has 1 heterocycles. The fraction of sp³-hybridized carbons (Fsp3) is 0.231. The van der Waals surface area contributed by atoms with Crippen LogP contribution in [0.3, 0.4) is 0 Å². The topological polar surface area (TPSA) is 49.8 Å². The SMILES string of the molecule is CCNc1ncnc(Nc2c(F)cc(Br)cc2F)c1C. The summed E-state index contributed by atoms with van der Waals surface area (Å²) in [6, 6.07) is 2.38. The molecular weight excluding hydrogens is 330 g/mol. The Morgan fingerprint density at radius 3 is 2.35 bits per heavy atom. The Labute approximate surface area is 123 Å². The quantitative estimate of drug-likeness (QED) is 0.881. The van der Waals surface area contributed by atoms with Crippen molar-refractivity contribution in [2.75, 3.05) is 17.2 Å². The van der Waals surface area contributed by atoms with Gasteiger partial charge in [-0.2, -0.15) is 0 Å². The highest BCUT2D eigenvalue weighted by molar-refractivity contribution is 9.10. The number of nitrogens with one attached hydrogen (secondary N) is 2. The average molecular weight is 343 g/mol. The number of hydrogen-bond acceptors (Lipinski definition) is 4. The molecule has 7 heteroatoms. The smallest absolute Gasteiger partial charge is 0.150 e. The molecule has 4 nitrogen and oxygen atoms in total. The van der Waals surface area contributed by atoms with Crippen molar-refractivity contribution < 1.29 is 8.78 Å². The van der Waals surface area contributed by atoms with Crippen LogP contribution in [0.1, 0.15) is 12.5 Å². The number of anilines is 3. The van der Waals surface area contributed by atoms with E-state index in [-0.39, 0.29) is 5.69 Å². The Bertz CT molecular complexity index is 611. The van der Waals surface area contributed by atoms with Crippen LogP contribution < -0.4 is 10.6 Å². The molecule has 2 aromatic rings. The molecule has 0 fully saturated rings. The monoisotopic (exact) mass is 342 g/mol. The molecule has 2 N–H and O–H groups in total. The first-order valence-corrected chi connectivity index (χ1v) is 6.79. The van der Waals surface area contributed by atoms with E-state index in [2.05, 4.69) is 36.5 Å². The summed E-state index contributed by atoms with van der Waals surface area (Å²) in [7, 11) is 0. The zero-order chi connectivity index (χ0) is 14.7. The lowest BCUT2D eigenvalue weighted by Crippen LogP contribution is -2.07. The summed E-state index contributed by atoms with van der Waals surface area (Å²) in [4.78, 5) is 8.09. The van der Waals surface area contributed by atoms with Gasteiger partial charge in [0.05, 0.1) is 0 Å². The highest BCUT2D eigenvalue weighted by atomic mass is 79.9. The number of hydrogen-bond donors (Lipinski definition) is 2. The summed E-state index contributed by atoms with van der Waals surface area (Å²) < 4.78 is 27.9. The standard InChI is InChI=1S/C13H13BrF2N4/c1-3-17-12-7(2)13(19-6-18-12)20-11-9(15)4-8(14)5-10(11)16/h4-6H,3H2,1-2H3,(H2,17,18,19,20). The summed E-state index contributed by atoms with van der Waals surface area (Å²) in [6.45, 7) is 4.40. The van der Waals surface area contributed by atoms with E-state index in [1.54, 1.807) is 6.92 Å². The highest BCUT2D eigenvalue weighted by Crippen LogP contribution is 2.28. The van der Waals surface area contributed by atoms with E-state index >= 15 is 0 Å². The van der Waals surface area contributed by atoms with Crippen LogP contribution in [0.15, 0.2) is 22.9 Å². The molecule has 0 unspecified atom stereocenters. The Hall–Kier alpha value is -1.76. The maximum absolute atomic E-state index is 13.8. The average Bonchev–Trinajstić information content (AvgIpc) is 2.38. The lowest BCUT2D eigenvalue weighted by atomic mass is 10.2. The van der Waals surface area contributed by atoms with Gasteiger partial charge in [0.25, 0.3) is 0 Å². The molecular formula is C13H13BrF2N4. The van der Waals surface area contributed by atoms with Crippen molar-refractivity contribution in [2.24, 2.45) is 0 Å². The van der Waals surface area contributed by atoms with Gasteiger partial charge < -0.3 is 10.6 Å². The van der Waals surface area contributed by atoms with E-state index in [0.717, 1.165) is 0 Å². The van der Waals surface area contributed by atoms with Gasteiger partial charge >= 0.3 is 0 Å². The minimum atomic E-state index is -0.695. The van der Waals surface area contributed by atoms with Gasteiger partial charge in [-0.3, -0.25) is 0 Å². The lowest BCUT2D eigenvalue weighted by Gasteiger charge is -2.13. The molecule has 20 heavy (non-hydrogen) atoms. The summed E-state index contributed by atoms with van der Waals surface area (Å²) >= 11 is 3.04. The first-order chi connectivity index (χ1) is 9.52. The van der Waals surface area contributed by atoms with Crippen LogP contribution in [0.2, 0.25) is 0 Å². The molecule has 0 spiro atoms. The van der Waals surface area contributed by atoms with Crippen molar-refractivity contribution in [2.45, 2.75) is 13.8 Å². The lowest BCUT2D eigenvalue weighted by molar-refractivity contribution is 0.589. The van der Waals surface area contributed by atoms with E-state index in [0.29, 0.717) is 28.2 Å². The summed E-state index contributed by atoms with van der Waals surface area (Å²) in [5, 5.41) is 5.73. The van der Waals surface area contributed by atoms with Crippen molar-refractivity contribution in [1.82, 2.24) is 9.97 Å². The van der Waals surface area contributed by atoms with Gasteiger partial charge in [0.1, 0.15) is 23.7 Å².